The molecule has 1 aromatic carbocycles. The number of aryl methyl sites for hydroxylation is 1. The number of benzene rings is 1. The van der Waals surface area contributed by atoms with Gasteiger partial charge in [0.1, 0.15) is 24.4 Å². The quantitative estimate of drug-likeness (QED) is 0.371. The Balaban J connectivity index is 1.40. The number of aliphatic hydroxyl groups excluding tert-OH is 2. The highest BCUT2D eigenvalue weighted by Gasteiger charge is 2.47. The molecule has 3 N–H and O–H groups in total. The van der Waals surface area contributed by atoms with Crippen molar-refractivity contribution in [2.75, 3.05) is 5.32 Å². The van der Waals surface area contributed by atoms with E-state index in [2.05, 4.69) is 35.7 Å². The largest absolute Gasteiger partial charge is 0.387 e. The Bertz CT molecular complexity index is 1300. The maximum absolute atomic E-state index is 14.1. The van der Waals surface area contributed by atoms with Crippen LogP contribution in [-0.4, -0.2) is 62.1 Å². The predicted molar refractivity (Wildman–Crippen MR) is 112 cm³/mol. The third-order valence-electron chi connectivity index (χ3n) is 5.34. The number of imidazole rings is 1. The Kier molecular flexibility index (Phi) is 5.62. The van der Waals surface area contributed by atoms with Crippen molar-refractivity contribution < 1.29 is 19.3 Å². The fourth-order valence-corrected chi connectivity index (χ4v) is 3.78. The third-order valence-corrected chi connectivity index (χ3v) is 5.57. The van der Waals surface area contributed by atoms with Crippen LogP contribution >= 0.6 is 11.6 Å². The molecule has 5 rings (SSSR count). The van der Waals surface area contributed by atoms with Gasteiger partial charge in [0.25, 0.3) is 0 Å². The van der Waals surface area contributed by atoms with E-state index >= 15 is 0 Å². The van der Waals surface area contributed by atoms with Gasteiger partial charge in [-0.25, -0.2) is 19.3 Å². The summed E-state index contributed by atoms with van der Waals surface area (Å²) in [4.78, 5) is 14.1. The van der Waals surface area contributed by atoms with Crippen LogP contribution in [0.5, 0.6) is 0 Å². The fourth-order valence-electron chi connectivity index (χ4n) is 3.62. The van der Waals surface area contributed by atoms with E-state index in [1.165, 1.54) is 28.1 Å². The number of anilines is 1. The molecule has 0 saturated carbocycles. The van der Waals surface area contributed by atoms with Crippen LogP contribution in [0.25, 0.3) is 11.2 Å². The molecule has 1 aliphatic rings. The lowest BCUT2D eigenvalue weighted by molar-refractivity contribution is -0.0384. The predicted octanol–water partition coefficient (Wildman–Crippen LogP) is 1.23. The first-order chi connectivity index (χ1) is 16.0. The van der Waals surface area contributed by atoms with Crippen LogP contribution in [-0.2, 0) is 17.8 Å². The van der Waals surface area contributed by atoms with Crippen molar-refractivity contribution >= 4 is 28.6 Å². The highest BCUT2D eigenvalue weighted by Crippen LogP contribution is 2.38. The van der Waals surface area contributed by atoms with E-state index in [0.29, 0.717) is 34.1 Å². The smallest absolute Gasteiger partial charge is 0.206 e. The van der Waals surface area contributed by atoms with Crippen LogP contribution in [0.1, 0.15) is 30.6 Å². The van der Waals surface area contributed by atoms with Gasteiger partial charge in [0.15, 0.2) is 29.3 Å². The van der Waals surface area contributed by atoms with Crippen LogP contribution in [0, 0.1) is 5.82 Å². The second-order valence-electron chi connectivity index (χ2n) is 7.40. The molecular weight excluding hydrogens is 457 g/mol. The molecule has 0 aliphatic carbocycles. The number of aliphatic hydroxyl groups is 2. The van der Waals surface area contributed by atoms with Crippen LogP contribution < -0.4 is 5.32 Å². The second kappa shape index (κ2) is 8.59. The average Bonchev–Trinajstić information content (AvgIpc) is 3.52. The molecule has 4 atom stereocenters. The third kappa shape index (κ3) is 3.88. The lowest BCUT2D eigenvalue weighted by atomic mass is 10.1. The molecule has 1 saturated heterocycles. The molecule has 0 spiro atoms. The van der Waals surface area contributed by atoms with Crippen LogP contribution in [0.3, 0.4) is 0 Å². The lowest BCUT2D eigenvalue weighted by Crippen LogP contribution is -2.29. The number of halogens is 2. The zero-order valence-electron chi connectivity index (χ0n) is 17.2. The minimum absolute atomic E-state index is 0.143. The summed E-state index contributed by atoms with van der Waals surface area (Å²) < 4.78 is 21.5. The number of nitrogens with one attached hydrogen (secondary N) is 1. The number of hydrogen-bond acceptors (Lipinski definition) is 10. The number of aromatic nitrogens is 8. The molecular formula is C19H19ClFN9O3. The Labute approximate surface area is 191 Å². The Morgan fingerprint density at radius 2 is 2.06 bits per heavy atom. The molecule has 33 heavy (non-hydrogen) atoms. The van der Waals surface area contributed by atoms with E-state index in [1.54, 1.807) is 12.1 Å². The molecule has 12 nitrogen and oxygen atoms in total. The average molecular weight is 476 g/mol. The Morgan fingerprint density at radius 3 is 2.82 bits per heavy atom. The zero-order chi connectivity index (χ0) is 23.1. The fraction of sp³-hybridized carbons (Fsp3) is 0.368. The number of tetrazole rings is 1. The topological polar surface area (TPSA) is 149 Å². The van der Waals surface area contributed by atoms with Crippen LogP contribution in [0.4, 0.5) is 10.2 Å². The van der Waals surface area contributed by atoms with Crippen molar-refractivity contribution in [3.05, 3.63) is 53.1 Å². The van der Waals surface area contributed by atoms with E-state index < -0.39 is 30.4 Å². The standard InChI is InChI=1S/C19H19ClFN9O3/c1-2-30-27-17(26-28-30)15-13(31)14(32)19(33-15)29-8-25-12-16(23-7-24-18(12)29)22-6-9-3-4-10(20)5-11(9)21/h3-5,7-8,13-15,19,31-32H,2,6H2,1H3,(H,22,23,24)/t13-,14+,15-,19+/m0/s1. The van der Waals surface area contributed by atoms with Crippen LogP contribution in [0.15, 0.2) is 30.9 Å². The summed E-state index contributed by atoms with van der Waals surface area (Å²) in [6.07, 6.45) is -1.82. The van der Waals surface area contributed by atoms with Gasteiger partial charge in [-0.05, 0) is 24.3 Å². The van der Waals surface area contributed by atoms with Crippen molar-refractivity contribution in [3.8, 4) is 0 Å². The van der Waals surface area contributed by atoms with E-state index in [-0.39, 0.29) is 12.4 Å². The van der Waals surface area contributed by atoms with Gasteiger partial charge in [0.2, 0.25) is 5.82 Å². The zero-order valence-corrected chi connectivity index (χ0v) is 18.0. The second-order valence-corrected chi connectivity index (χ2v) is 7.84. The molecule has 4 aromatic rings. The van der Waals surface area contributed by atoms with E-state index in [4.69, 9.17) is 16.3 Å². The van der Waals surface area contributed by atoms with Crippen molar-refractivity contribution in [1.82, 2.24) is 39.7 Å². The highest BCUT2D eigenvalue weighted by molar-refractivity contribution is 6.30. The summed E-state index contributed by atoms with van der Waals surface area (Å²) in [7, 11) is 0. The van der Waals surface area contributed by atoms with Crippen molar-refractivity contribution in [3.63, 3.8) is 0 Å². The molecule has 3 aromatic heterocycles. The van der Waals surface area contributed by atoms with Gasteiger partial charge in [0, 0.05) is 17.1 Å². The monoisotopic (exact) mass is 475 g/mol. The number of fused-ring (bicyclic) bond motifs is 1. The molecule has 0 unspecified atom stereocenters. The molecule has 0 radical (unpaired) electrons. The van der Waals surface area contributed by atoms with Crippen LogP contribution in [0.2, 0.25) is 5.02 Å². The normalized spacial score (nSPS) is 22.8. The van der Waals surface area contributed by atoms with Gasteiger partial charge in [-0.2, -0.15) is 4.80 Å². The van der Waals surface area contributed by atoms with E-state index in [9.17, 15) is 14.6 Å². The first-order valence-electron chi connectivity index (χ1n) is 10.1. The number of rotatable bonds is 6. The molecule has 1 fully saturated rings. The number of hydrogen-bond donors (Lipinski definition) is 3. The maximum atomic E-state index is 14.1. The SMILES string of the molecule is CCn1nnc([C@H]2O[C@@H](n3cnc4c(NCc5ccc(Cl)cc5F)ncnc43)[C@H](O)[C@@H]2O)n1. The van der Waals surface area contributed by atoms with Gasteiger partial charge in [-0.15, -0.1) is 10.2 Å². The summed E-state index contributed by atoms with van der Waals surface area (Å²) in [6, 6.07) is 4.41. The molecule has 4 heterocycles. The van der Waals surface area contributed by atoms with Gasteiger partial charge in [0.05, 0.1) is 12.9 Å². The summed E-state index contributed by atoms with van der Waals surface area (Å²) >= 11 is 5.80. The molecule has 1 aliphatic heterocycles. The summed E-state index contributed by atoms with van der Waals surface area (Å²) in [5.74, 6) is 0.0875. The van der Waals surface area contributed by atoms with Crippen molar-refractivity contribution in [1.29, 1.82) is 0 Å². The van der Waals surface area contributed by atoms with E-state index in [1.807, 2.05) is 6.92 Å². The first kappa shape index (κ1) is 21.6. The van der Waals surface area contributed by atoms with E-state index in [0.717, 1.165) is 0 Å². The summed E-state index contributed by atoms with van der Waals surface area (Å²) in [5.41, 5.74) is 1.14. The highest BCUT2D eigenvalue weighted by atomic mass is 35.5. The van der Waals surface area contributed by atoms with Gasteiger partial charge < -0.3 is 20.3 Å². The van der Waals surface area contributed by atoms with Gasteiger partial charge in [-0.1, -0.05) is 17.7 Å². The van der Waals surface area contributed by atoms with Gasteiger partial charge >= 0.3 is 0 Å². The Morgan fingerprint density at radius 1 is 1.21 bits per heavy atom. The molecule has 172 valence electrons. The molecule has 0 bridgehead atoms. The minimum atomic E-state index is -1.30. The number of ether oxygens (including phenoxy) is 1. The summed E-state index contributed by atoms with van der Waals surface area (Å²) in [6.45, 7) is 2.49. The molecule has 14 heteroatoms. The minimum Gasteiger partial charge on any atom is -0.387 e. The van der Waals surface area contributed by atoms with Gasteiger partial charge in [-0.3, -0.25) is 4.57 Å². The molecule has 0 amide bonds. The summed E-state index contributed by atoms with van der Waals surface area (Å²) in [5, 5.41) is 36.4. The number of nitrogens with zero attached hydrogens (tertiary/aromatic N) is 8. The lowest BCUT2D eigenvalue weighted by Gasteiger charge is -2.16. The van der Waals surface area contributed by atoms with Crippen molar-refractivity contribution in [2.24, 2.45) is 0 Å². The van der Waals surface area contributed by atoms with Crippen molar-refractivity contribution in [2.45, 2.75) is 44.6 Å². The maximum Gasteiger partial charge on any atom is 0.206 e. The first-order valence-corrected chi connectivity index (χ1v) is 10.5. The Hall–Kier alpha value is -3.26.